The van der Waals surface area contributed by atoms with E-state index in [1.165, 1.54) is 40.8 Å². The number of nitrogens with one attached hydrogen (secondary N) is 1. The fourth-order valence-electron chi connectivity index (χ4n) is 4.92. The molecule has 2 heteroatoms. The van der Waals surface area contributed by atoms with Crippen LogP contribution in [0.4, 0.5) is 5.69 Å². The Labute approximate surface area is 165 Å². The maximum Gasteiger partial charge on any atom is 0.0438 e. The molecule has 0 saturated heterocycles. The van der Waals surface area contributed by atoms with Gasteiger partial charge in [-0.25, -0.2) is 0 Å². The van der Waals surface area contributed by atoms with Gasteiger partial charge >= 0.3 is 0 Å². The molecule has 0 spiro atoms. The molecule has 1 fully saturated rings. The highest BCUT2D eigenvalue weighted by Crippen LogP contribution is 2.52. The average molecular weight is 363 g/mol. The van der Waals surface area contributed by atoms with Crippen molar-refractivity contribution in [2.75, 3.05) is 18.5 Å². The Balaban J connectivity index is 2.13. The standard InChI is InChI=1S/C25H34N2/c1-7-26-22-14-15-25(5,24(22)20-12-10-9-11-13-20)21-16-18(3)19(4)23(17-21)27(6)8-2/h8-13,16-17,22,24,26H,2,7,14-15H2,1,3-6H3. The minimum Gasteiger partial charge on any atom is -0.351 e. The van der Waals surface area contributed by atoms with Crippen molar-refractivity contribution in [3.8, 4) is 0 Å². The number of anilines is 1. The van der Waals surface area contributed by atoms with Gasteiger partial charge in [-0.05, 0) is 67.8 Å². The van der Waals surface area contributed by atoms with Crippen molar-refractivity contribution >= 4 is 5.69 Å². The normalized spacial score (nSPS) is 24.8. The van der Waals surface area contributed by atoms with Crippen molar-refractivity contribution in [1.29, 1.82) is 0 Å². The molecule has 144 valence electrons. The number of likely N-dealkylation sites (N-methyl/N-ethyl adjacent to an activating group) is 1. The molecule has 1 N–H and O–H groups in total. The molecule has 2 aromatic rings. The van der Waals surface area contributed by atoms with E-state index in [-0.39, 0.29) is 5.41 Å². The summed E-state index contributed by atoms with van der Waals surface area (Å²) in [6, 6.07) is 16.4. The van der Waals surface area contributed by atoms with Crippen molar-refractivity contribution in [1.82, 2.24) is 5.32 Å². The molecule has 2 aromatic carbocycles. The molecule has 1 aliphatic carbocycles. The van der Waals surface area contributed by atoms with Gasteiger partial charge in [-0.2, -0.15) is 0 Å². The van der Waals surface area contributed by atoms with Gasteiger partial charge in [0.25, 0.3) is 0 Å². The molecule has 3 rings (SSSR count). The van der Waals surface area contributed by atoms with E-state index >= 15 is 0 Å². The van der Waals surface area contributed by atoms with Gasteiger partial charge in [-0.3, -0.25) is 0 Å². The fraction of sp³-hybridized carbons (Fsp3) is 0.440. The fourth-order valence-corrected chi connectivity index (χ4v) is 4.92. The summed E-state index contributed by atoms with van der Waals surface area (Å²) in [7, 11) is 2.09. The summed E-state index contributed by atoms with van der Waals surface area (Å²) in [6.07, 6.45) is 4.31. The lowest BCUT2D eigenvalue weighted by Crippen LogP contribution is -2.37. The van der Waals surface area contributed by atoms with Crippen LogP contribution in [0.2, 0.25) is 0 Å². The van der Waals surface area contributed by atoms with Crippen molar-refractivity contribution in [2.24, 2.45) is 0 Å². The monoisotopic (exact) mass is 362 g/mol. The SMILES string of the molecule is C=CN(C)c1cc(C2(C)CCC(NCC)C2c2ccccc2)cc(C)c1C. The first-order chi connectivity index (χ1) is 12.9. The van der Waals surface area contributed by atoms with Crippen LogP contribution in [0.25, 0.3) is 0 Å². The number of benzene rings is 2. The molecule has 2 nitrogen and oxygen atoms in total. The molecule has 0 radical (unpaired) electrons. The minimum absolute atomic E-state index is 0.114. The third-order valence-electron chi connectivity index (χ3n) is 6.64. The maximum atomic E-state index is 3.97. The van der Waals surface area contributed by atoms with Crippen LogP contribution in [-0.2, 0) is 5.41 Å². The van der Waals surface area contributed by atoms with E-state index < -0.39 is 0 Å². The second-order valence-corrected chi connectivity index (χ2v) is 8.24. The molecular weight excluding hydrogens is 328 g/mol. The number of hydrogen-bond acceptors (Lipinski definition) is 2. The Bertz CT molecular complexity index is 795. The highest BCUT2D eigenvalue weighted by atomic mass is 15.1. The van der Waals surface area contributed by atoms with Gasteiger partial charge in [0.15, 0.2) is 0 Å². The first-order valence-corrected chi connectivity index (χ1v) is 10.2. The molecule has 1 aliphatic rings. The van der Waals surface area contributed by atoms with Gasteiger partial charge in [0.2, 0.25) is 0 Å². The second-order valence-electron chi connectivity index (χ2n) is 8.24. The van der Waals surface area contributed by atoms with E-state index in [1.807, 2.05) is 6.20 Å². The minimum atomic E-state index is 0.114. The van der Waals surface area contributed by atoms with Crippen LogP contribution in [0, 0.1) is 13.8 Å². The number of aryl methyl sites for hydroxylation is 1. The summed E-state index contributed by atoms with van der Waals surface area (Å²) >= 11 is 0. The highest BCUT2D eigenvalue weighted by Gasteiger charge is 2.46. The van der Waals surface area contributed by atoms with Crippen LogP contribution in [0.3, 0.4) is 0 Å². The van der Waals surface area contributed by atoms with E-state index in [2.05, 4.69) is 94.0 Å². The van der Waals surface area contributed by atoms with Gasteiger partial charge in [0.1, 0.15) is 0 Å². The van der Waals surface area contributed by atoms with Crippen molar-refractivity contribution < 1.29 is 0 Å². The lowest BCUT2D eigenvalue weighted by Gasteiger charge is -2.37. The Hall–Kier alpha value is -2.06. The summed E-state index contributed by atoms with van der Waals surface area (Å²) in [6.45, 7) is 14.1. The van der Waals surface area contributed by atoms with Crippen LogP contribution in [0.1, 0.15) is 54.9 Å². The van der Waals surface area contributed by atoms with E-state index in [1.54, 1.807) is 0 Å². The first kappa shape index (κ1) is 19.7. The van der Waals surface area contributed by atoms with Crippen LogP contribution in [-0.4, -0.2) is 19.6 Å². The highest BCUT2D eigenvalue weighted by molar-refractivity contribution is 5.60. The van der Waals surface area contributed by atoms with Gasteiger partial charge < -0.3 is 10.2 Å². The van der Waals surface area contributed by atoms with Crippen LogP contribution < -0.4 is 10.2 Å². The van der Waals surface area contributed by atoms with Gasteiger partial charge in [0.05, 0.1) is 0 Å². The molecular formula is C25H34N2. The van der Waals surface area contributed by atoms with E-state index in [4.69, 9.17) is 0 Å². The van der Waals surface area contributed by atoms with E-state index in [0.717, 1.165) is 6.54 Å². The molecule has 27 heavy (non-hydrogen) atoms. The molecule has 0 amide bonds. The quantitative estimate of drug-likeness (QED) is 0.709. The smallest absolute Gasteiger partial charge is 0.0438 e. The van der Waals surface area contributed by atoms with Crippen LogP contribution in [0.15, 0.2) is 55.2 Å². The zero-order valence-corrected chi connectivity index (χ0v) is 17.5. The summed E-state index contributed by atoms with van der Waals surface area (Å²) in [4.78, 5) is 2.14. The topological polar surface area (TPSA) is 15.3 Å². The van der Waals surface area contributed by atoms with Crippen LogP contribution >= 0.6 is 0 Å². The third-order valence-corrected chi connectivity index (χ3v) is 6.64. The molecule has 0 aliphatic heterocycles. The third kappa shape index (κ3) is 3.55. The number of nitrogens with zero attached hydrogens (tertiary/aromatic N) is 1. The Kier molecular flexibility index (Phi) is 5.76. The number of hydrogen-bond donors (Lipinski definition) is 1. The van der Waals surface area contributed by atoms with Gasteiger partial charge in [-0.15, -0.1) is 0 Å². The molecule has 1 saturated carbocycles. The lowest BCUT2D eigenvalue weighted by atomic mass is 9.69. The Morgan fingerprint density at radius 2 is 1.93 bits per heavy atom. The predicted octanol–water partition coefficient (Wildman–Crippen LogP) is 5.70. The van der Waals surface area contributed by atoms with Gasteiger partial charge in [0, 0.05) is 30.1 Å². The summed E-state index contributed by atoms with van der Waals surface area (Å²) in [5.41, 5.74) is 6.96. The maximum absolute atomic E-state index is 3.97. The predicted molar refractivity (Wildman–Crippen MR) is 118 cm³/mol. The van der Waals surface area contributed by atoms with Crippen molar-refractivity contribution in [2.45, 2.75) is 57.9 Å². The summed E-state index contributed by atoms with van der Waals surface area (Å²) in [5.74, 6) is 0.475. The van der Waals surface area contributed by atoms with Crippen molar-refractivity contribution in [3.63, 3.8) is 0 Å². The summed E-state index contributed by atoms with van der Waals surface area (Å²) in [5, 5.41) is 3.77. The van der Waals surface area contributed by atoms with Crippen molar-refractivity contribution in [3.05, 3.63) is 77.5 Å². The average Bonchev–Trinajstić information content (AvgIpc) is 3.01. The molecule has 3 unspecified atom stereocenters. The lowest BCUT2D eigenvalue weighted by molar-refractivity contribution is 0.388. The zero-order chi connectivity index (χ0) is 19.6. The molecule has 0 heterocycles. The van der Waals surface area contributed by atoms with Gasteiger partial charge in [-0.1, -0.05) is 56.8 Å². The molecule has 3 atom stereocenters. The number of rotatable bonds is 6. The van der Waals surface area contributed by atoms with Crippen LogP contribution in [0.5, 0.6) is 0 Å². The largest absolute Gasteiger partial charge is 0.351 e. The molecule has 0 aromatic heterocycles. The summed E-state index contributed by atoms with van der Waals surface area (Å²) < 4.78 is 0. The Morgan fingerprint density at radius 1 is 1.22 bits per heavy atom. The van der Waals surface area contributed by atoms with E-state index in [9.17, 15) is 0 Å². The second kappa shape index (κ2) is 7.90. The Morgan fingerprint density at radius 3 is 2.56 bits per heavy atom. The van der Waals surface area contributed by atoms with E-state index in [0.29, 0.717) is 12.0 Å². The first-order valence-electron chi connectivity index (χ1n) is 10.2. The molecule has 0 bridgehead atoms. The zero-order valence-electron chi connectivity index (χ0n) is 17.5.